The Morgan fingerprint density at radius 1 is 1.45 bits per heavy atom. The smallest absolute Gasteiger partial charge is 0.391 e. The number of imidazole rings is 1. The lowest BCUT2D eigenvalue weighted by Crippen LogP contribution is -2.41. The fourth-order valence-corrected chi connectivity index (χ4v) is 2.20. The van der Waals surface area contributed by atoms with Crippen molar-refractivity contribution in [1.29, 1.82) is 0 Å². The molecule has 1 atom stereocenters. The summed E-state index contributed by atoms with van der Waals surface area (Å²) in [5, 5.41) is 20.7. The topological polar surface area (TPSA) is 105 Å². The molecule has 8 nitrogen and oxygen atoms in total. The number of aromatic nitrogens is 2. The van der Waals surface area contributed by atoms with Crippen LogP contribution in [0.2, 0.25) is 0 Å². The van der Waals surface area contributed by atoms with Crippen LogP contribution in [0, 0.1) is 10.1 Å². The van der Waals surface area contributed by atoms with E-state index in [1.54, 1.807) is 4.98 Å². The Labute approximate surface area is 123 Å². The maximum atomic E-state index is 12.6. The van der Waals surface area contributed by atoms with Crippen molar-refractivity contribution in [2.75, 3.05) is 32.8 Å². The number of nitrogens with zero attached hydrogens (tertiary/aromatic N) is 3. The normalized spacial score (nSPS) is 18.4. The van der Waals surface area contributed by atoms with Crippen LogP contribution in [0.3, 0.4) is 0 Å². The summed E-state index contributed by atoms with van der Waals surface area (Å²) in [5.41, 5.74) is -0.405. The molecule has 0 aliphatic carbocycles. The Bertz CT molecular complexity index is 528. The number of aromatic amines is 1. The molecule has 2 rings (SSSR count). The summed E-state index contributed by atoms with van der Waals surface area (Å²) < 4.78 is 42.8. The fraction of sp³-hybridized carbons (Fsp3) is 0.727. The molecule has 0 saturated carbocycles. The number of β-amino-alcohol motifs (C(OH)–C–C–N with tert-alkyl or cyclic N) is 1. The summed E-state index contributed by atoms with van der Waals surface area (Å²) in [6.45, 7) is 2.39. The van der Waals surface area contributed by atoms with Gasteiger partial charge in [0.15, 0.2) is 0 Å². The summed E-state index contributed by atoms with van der Waals surface area (Å²) in [4.78, 5) is 16.6. The van der Waals surface area contributed by atoms with Gasteiger partial charge in [0.1, 0.15) is 5.69 Å². The maximum absolute atomic E-state index is 12.6. The predicted molar refractivity (Wildman–Crippen MR) is 67.2 cm³/mol. The van der Waals surface area contributed by atoms with E-state index in [2.05, 4.69) is 4.98 Å². The lowest BCUT2D eigenvalue weighted by atomic mass is 10.2. The molecular weight excluding hydrogens is 309 g/mol. The maximum Gasteiger partial charge on any atom is 0.473 e. The van der Waals surface area contributed by atoms with Gasteiger partial charge in [-0.05, 0) is 4.92 Å². The number of ether oxygens (including phenoxy) is 1. The molecule has 0 aromatic carbocycles. The van der Waals surface area contributed by atoms with Crippen LogP contribution in [0.4, 0.5) is 19.0 Å². The molecule has 1 aliphatic rings. The molecule has 22 heavy (non-hydrogen) atoms. The van der Waals surface area contributed by atoms with E-state index in [0.717, 1.165) is 0 Å². The number of alkyl halides is 3. The van der Waals surface area contributed by atoms with Crippen molar-refractivity contribution in [1.82, 2.24) is 14.9 Å². The van der Waals surface area contributed by atoms with Crippen molar-refractivity contribution in [3.63, 3.8) is 0 Å². The summed E-state index contributed by atoms with van der Waals surface area (Å²) in [6.07, 6.45) is -6.19. The van der Waals surface area contributed by atoms with Gasteiger partial charge in [-0.2, -0.15) is 13.2 Å². The van der Waals surface area contributed by atoms with Crippen LogP contribution in [-0.2, 0) is 17.3 Å². The monoisotopic (exact) mass is 324 g/mol. The molecule has 0 spiro atoms. The van der Waals surface area contributed by atoms with Crippen LogP contribution < -0.4 is 0 Å². The van der Waals surface area contributed by atoms with Crippen LogP contribution in [0.25, 0.3) is 0 Å². The molecule has 124 valence electrons. The van der Waals surface area contributed by atoms with Gasteiger partial charge >= 0.3 is 17.8 Å². The molecule has 2 heterocycles. The number of hydrogen-bond donors (Lipinski definition) is 2. The molecule has 1 saturated heterocycles. The highest BCUT2D eigenvalue weighted by molar-refractivity contribution is 5.29. The van der Waals surface area contributed by atoms with Crippen LogP contribution in [0.5, 0.6) is 0 Å². The quantitative estimate of drug-likeness (QED) is 0.606. The minimum atomic E-state index is -4.81. The van der Waals surface area contributed by atoms with Gasteiger partial charge < -0.3 is 20.0 Å². The van der Waals surface area contributed by atoms with Crippen LogP contribution in [-0.4, -0.2) is 63.8 Å². The highest BCUT2D eigenvalue weighted by Crippen LogP contribution is 2.30. The molecule has 1 fully saturated rings. The number of morpholine rings is 1. The number of H-pyrrole nitrogens is 1. The van der Waals surface area contributed by atoms with E-state index in [-0.39, 0.29) is 13.0 Å². The van der Waals surface area contributed by atoms with Gasteiger partial charge in [0.05, 0.1) is 19.3 Å². The summed E-state index contributed by atoms with van der Waals surface area (Å²) in [5.74, 6) is -2.28. The standard InChI is InChI=1S/C11H15F3N4O4/c12-11(13,14)10-15-8(9(16-10)18(20)21)5-7(19)6-17-1-3-22-4-2-17/h7,19H,1-6H2,(H,15,16)/t7-/m0/s1. The first kappa shape index (κ1) is 16.6. The van der Waals surface area contributed by atoms with E-state index in [1.165, 1.54) is 0 Å². The molecule has 1 aliphatic heterocycles. The number of aliphatic hydroxyl groups is 1. The van der Waals surface area contributed by atoms with Gasteiger partial charge in [-0.25, -0.2) is 9.97 Å². The average molecular weight is 324 g/mol. The van der Waals surface area contributed by atoms with E-state index in [0.29, 0.717) is 26.3 Å². The average Bonchev–Trinajstić information content (AvgIpc) is 2.83. The Balaban J connectivity index is 2.07. The number of nitrogens with one attached hydrogen (secondary N) is 1. The van der Waals surface area contributed by atoms with Crippen molar-refractivity contribution in [2.24, 2.45) is 0 Å². The molecular formula is C11H15F3N4O4. The zero-order valence-corrected chi connectivity index (χ0v) is 11.5. The second kappa shape index (κ2) is 6.58. The predicted octanol–water partition coefficient (Wildman–Crippen LogP) is 0.572. The number of nitro groups is 1. The Morgan fingerprint density at radius 2 is 2.09 bits per heavy atom. The molecule has 11 heteroatoms. The second-order valence-corrected chi connectivity index (χ2v) is 4.91. The highest BCUT2D eigenvalue weighted by Gasteiger charge is 2.41. The van der Waals surface area contributed by atoms with Crippen molar-refractivity contribution in [3.8, 4) is 0 Å². The number of hydrogen-bond acceptors (Lipinski definition) is 6. The van der Waals surface area contributed by atoms with Crippen molar-refractivity contribution < 1.29 is 27.9 Å². The summed E-state index contributed by atoms with van der Waals surface area (Å²) in [6, 6.07) is 0. The van der Waals surface area contributed by atoms with Gasteiger partial charge in [0, 0.05) is 26.1 Å². The van der Waals surface area contributed by atoms with Crippen LogP contribution in [0.15, 0.2) is 0 Å². The Hall–Kier alpha value is -1.72. The highest BCUT2D eigenvalue weighted by atomic mass is 19.4. The van der Waals surface area contributed by atoms with E-state index in [4.69, 9.17) is 4.74 Å². The fourth-order valence-electron chi connectivity index (χ4n) is 2.20. The molecule has 0 radical (unpaired) electrons. The van der Waals surface area contributed by atoms with Gasteiger partial charge in [-0.1, -0.05) is 0 Å². The van der Waals surface area contributed by atoms with Gasteiger partial charge in [-0.3, -0.25) is 4.90 Å². The third kappa shape index (κ3) is 4.15. The van der Waals surface area contributed by atoms with Crippen molar-refractivity contribution >= 4 is 5.82 Å². The molecule has 1 aromatic heterocycles. The largest absolute Gasteiger partial charge is 0.473 e. The molecule has 0 unspecified atom stereocenters. The van der Waals surface area contributed by atoms with E-state index in [9.17, 15) is 28.4 Å². The number of aliphatic hydroxyl groups excluding tert-OH is 1. The Morgan fingerprint density at radius 3 is 2.64 bits per heavy atom. The SMILES string of the molecule is O=[N+]([O-])c1[nH]c(C(F)(F)F)nc1C[C@H](O)CN1CCOCC1. The van der Waals surface area contributed by atoms with Gasteiger partial charge in [0.2, 0.25) is 0 Å². The van der Waals surface area contributed by atoms with E-state index < -0.39 is 34.5 Å². The zero-order chi connectivity index (χ0) is 16.3. The van der Waals surface area contributed by atoms with E-state index in [1.807, 2.05) is 4.90 Å². The summed E-state index contributed by atoms with van der Waals surface area (Å²) in [7, 11) is 0. The minimum absolute atomic E-state index is 0.189. The lowest BCUT2D eigenvalue weighted by molar-refractivity contribution is -0.390. The van der Waals surface area contributed by atoms with Crippen LogP contribution in [0.1, 0.15) is 11.5 Å². The number of halogens is 3. The molecule has 0 amide bonds. The second-order valence-electron chi connectivity index (χ2n) is 4.91. The minimum Gasteiger partial charge on any atom is -0.391 e. The third-order valence-corrected chi connectivity index (χ3v) is 3.21. The first-order chi connectivity index (χ1) is 10.3. The van der Waals surface area contributed by atoms with Gasteiger partial charge in [-0.15, -0.1) is 0 Å². The third-order valence-electron chi connectivity index (χ3n) is 3.21. The first-order valence-electron chi connectivity index (χ1n) is 6.56. The molecule has 1 aromatic rings. The molecule has 2 N–H and O–H groups in total. The van der Waals surface area contributed by atoms with Gasteiger partial charge in [0.25, 0.3) is 0 Å². The van der Waals surface area contributed by atoms with Crippen molar-refractivity contribution in [2.45, 2.75) is 18.7 Å². The van der Waals surface area contributed by atoms with Crippen molar-refractivity contribution in [3.05, 3.63) is 21.6 Å². The number of rotatable bonds is 5. The zero-order valence-electron chi connectivity index (χ0n) is 11.5. The van der Waals surface area contributed by atoms with Crippen LogP contribution >= 0.6 is 0 Å². The summed E-state index contributed by atoms with van der Waals surface area (Å²) >= 11 is 0. The first-order valence-corrected chi connectivity index (χ1v) is 6.56. The lowest BCUT2D eigenvalue weighted by Gasteiger charge is -2.28. The van der Waals surface area contributed by atoms with E-state index >= 15 is 0 Å². The Kier molecular flexibility index (Phi) is 4.98. The molecule has 0 bridgehead atoms.